The lowest BCUT2D eigenvalue weighted by molar-refractivity contribution is 0.195. The first-order valence-electron chi connectivity index (χ1n) is 6.99. The summed E-state index contributed by atoms with van der Waals surface area (Å²) in [4.78, 5) is 11.1. The van der Waals surface area contributed by atoms with Crippen molar-refractivity contribution in [1.29, 1.82) is 0 Å². The lowest BCUT2D eigenvalue weighted by Crippen LogP contribution is -2.39. The molecular weight excluding hydrogens is 248 g/mol. The summed E-state index contributed by atoms with van der Waals surface area (Å²) in [5.74, 6) is 0. The van der Waals surface area contributed by atoms with Gasteiger partial charge in [0.1, 0.15) is 0 Å². The molecule has 0 aliphatic rings. The molecule has 0 saturated heterocycles. The van der Waals surface area contributed by atoms with Gasteiger partial charge >= 0.3 is 0 Å². The van der Waals surface area contributed by atoms with Gasteiger partial charge in [0.2, 0.25) is 0 Å². The summed E-state index contributed by atoms with van der Waals surface area (Å²) >= 11 is 0. The maximum atomic E-state index is 6.30. The Labute approximate surface area is 120 Å². The minimum absolute atomic E-state index is 0.0543. The average molecular weight is 270 g/mol. The van der Waals surface area contributed by atoms with Gasteiger partial charge in [-0.2, -0.15) is 0 Å². The van der Waals surface area contributed by atoms with Gasteiger partial charge in [0.05, 0.1) is 17.4 Å². The first-order valence-corrected chi connectivity index (χ1v) is 6.99. The second kappa shape index (κ2) is 7.12. The van der Waals surface area contributed by atoms with E-state index in [-0.39, 0.29) is 12.1 Å². The molecule has 2 rings (SSSR count). The van der Waals surface area contributed by atoms with Gasteiger partial charge in [-0.1, -0.05) is 19.1 Å². The summed E-state index contributed by atoms with van der Waals surface area (Å²) in [5.41, 5.74) is 8.36. The number of hydrogen-bond donors (Lipinski definition) is 1. The number of likely N-dealkylation sites (N-methyl/N-ethyl adjacent to an activating group) is 1. The summed E-state index contributed by atoms with van der Waals surface area (Å²) < 4.78 is 0. The topological polar surface area (TPSA) is 55.0 Å². The maximum absolute atomic E-state index is 6.30. The summed E-state index contributed by atoms with van der Waals surface area (Å²) in [6.07, 6.45) is 4.55. The molecule has 20 heavy (non-hydrogen) atoms. The van der Waals surface area contributed by atoms with E-state index in [2.05, 4.69) is 28.8 Å². The van der Waals surface area contributed by atoms with Crippen LogP contribution in [0.3, 0.4) is 0 Å². The van der Waals surface area contributed by atoms with Crippen LogP contribution in [0.2, 0.25) is 0 Å². The Balaban J connectivity index is 2.19. The van der Waals surface area contributed by atoms with Gasteiger partial charge in [-0.25, -0.2) is 0 Å². The molecule has 2 aromatic rings. The highest BCUT2D eigenvalue weighted by atomic mass is 15.2. The fourth-order valence-electron chi connectivity index (χ4n) is 2.39. The molecule has 0 amide bonds. The minimum Gasteiger partial charge on any atom is -0.326 e. The zero-order valence-corrected chi connectivity index (χ0v) is 12.1. The van der Waals surface area contributed by atoms with Crippen LogP contribution < -0.4 is 5.73 Å². The quantitative estimate of drug-likeness (QED) is 0.875. The van der Waals surface area contributed by atoms with Crippen LogP contribution in [0, 0.1) is 0 Å². The molecular formula is C16H22N4. The molecule has 0 spiro atoms. The summed E-state index contributed by atoms with van der Waals surface area (Å²) in [5, 5.41) is 0. The standard InChI is InChI=1S/C16H22N4/c1-3-14(17)16(15-9-5-7-11-19-15)20(2)12-13-8-4-6-10-18-13/h4-11,14,16H,3,12,17H2,1-2H3. The highest BCUT2D eigenvalue weighted by molar-refractivity contribution is 5.12. The fraction of sp³-hybridized carbons (Fsp3) is 0.375. The van der Waals surface area contributed by atoms with Gasteiger partial charge < -0.3 is 5.73 Å². The molecule has 0 radical (unpaired) electrons. The van der Waals surface area contributed by atoms with Gasteiger partial charge in [-0.05, 0) is 37.7 Å². The lowest BCUT2D eigenvalue weighted by atomic mass is 10.0. The smallest absolute Gasteiger partial charge is 0.0674 e. The molecule has 4 heteroatoms. The number of nitrogens with zero attached hydrogens (tertiary/aromatic N) is 3. The number of hydrogen-bond acceptors (Lipinski definition) is 4. The minimum atomic E-state index is 0.0543. The molecule has 2 N–H and O–H groups in total. The molecule has 0 saturated carbocycles. The van der Waals surface area contributed by atoms with E-state index < -0.39 is 0 Å². The van der Waals surface area contributed by atoms with Crippen molar-refractivity contribution in [2.75, 3.05) is 7.05 Å². The van der Waals surface area contributed by atoms with Crippen molar-refractivity contribution in [2.24, 2.45) is 5.73 Å². The zero-order valence-electron chi connectivity index (χ0n) is 12.1. The predicted molar refractivity (Wildman–Crippen MR) is 80.9 cm³/mol. The molecule has 0 aromatic carbocycles. The number of aromatic nitrogens is 2. The van der Waals surface area contributed by atoms with Crippen LogP contribution in [-0.4, -0.2) is 28.0 Å². The second-order valence-corrected chi connectivity index (χ2v) is 5.01. The molecule has 0 aliphatic carbocycles. The molecule has 0 fully saturated rings. The Morgan fingerprint density at radius 2 is 1.80 bits per heavy atom. The molecule has 2 unspecified atom stereocenters. The lowest BCUT2D eigenvalue weighted by Gasteiger charge is -2.31. The Morgan fingerprint density at radius 3 is 2.35 bits per heavy atom. The van der Waals surface area contributed by atoms with E-state index in [9.17, 15) is 0 Å². The van der Waals surface area contributed by atoms with E-state index in [1.54, 1.807) is 0 Å². The SMILES string of the molecule is CCC(N)C(c1ccccn1)N(C)Cc1ccccn1. The third kappa shape index (κ3) is 3.62. The van der Waals surface area contributed by atoms with Gasteiger partial charge in [-0.3, -0.25) is 14.9 Å². The summed E-state index contributed by atoms with van der Waals surface area (Å²) in [6.45, 7) is 2.87. The monoisotopic (exact) mass is 270 g/mol. The van der Waals surface area contributed by atoms with Crippen LogP contribution >= 0.6 is 0 Å². The van der Waals surface area contributed by atoms with Crippen LogP contribution in [0.5, 0.6) is 0 Å². The average Bonchev–Trinajstić information content (AvgIpc) is 2.49. The Morgan fingerprint density at radius 1 is 1.10 bits per heavy atom. The van der Waals surface area contributed by atoms with Crippen LogP contribution in [-0.2, 0) is 6.54 Å². The highest BCUT2D eigenvalue weighted by Gasteiger charge is 2.24. The largest absolute Gasteiger partial charge is 0.326 e. The maximum Gasteiger partial charge on any atom is 0.0674 e. The van der Waals surface area contributed by atoms with Gasteiger partial charge in [-0.15, -0.1) is 0 Å². The molecule has 106 valence electrons. The van der Waals surface area contributed by atoms with Crippen molar-refractivity contribution >= 4 is 0 Å². The van der Waals surface area contributed by atoms with E-state index in [1.165, 1.54) is 0 Å². The van der Waals surface area contributed by atoms with Crippen LogP contribution in [0.4, 0.5) is 0 Å². The van der Waals surface area contributed by atoms with E-state index in [1.807, 2.05) is 48.8 Å². The highest BCUT2D eigenvalue weighted by Crippen LogP contribution is 2.23. The number of nitrogens with two attached hydrogens (primary N) is 1. The zero-order chi connectivity index (χ0) is 14.4. The van der Waals surface area contributed by atoms with E-state index in [0.29, 0.717) is 0 Å². The van der Waals surface area contributed by atoms with Gasteiger partial charge in [0.15, 0.2) is 0 Å². The van der Waals surface area contributed by atoms with Crippen molar-refractivity contribution in [3.8, 4) is 0 Å². The molecule has 0 bridgehead atoms. The van der Waals surface area contributed by atoms with Gasteiger partial charge in [0.25, 0.3) is 0 Å². The van der Waals surface area contributed by atoms with Crippen molar-refractivity contribution in [3.63, 3.8) is 0 Å². The van der Waals surface area contributed by atoms with Crippen LogP contribution in [0.15, 0.2) is 48.8 Å². The normalized spacial score (nSPS) is 14.2. The van der Waals surface area contributed by atoms with E-state index in [4.69, 9.17) is 5.73 Å². The molecule has 4 nitrogen and oxygen atoms in total. The van der Waals surface area contributed by atoms with E-state index >= 15 is 0 Å². The first kappa shape index (κ1) is 14.6. The Hall–Kier alpha value is -1.78. The summed E-state index contributed by atoms with van der Waals surface area (Å²) in [6, 6.07) is 12.1. The number of rotatable bonds is 6. The van der Waals surface area contributed by atoms with Crippen LogP contribution in [0.1, 0.15) is 30.8 Å². The number of pyridine rings is 2. The van der Waals surface area contributed by atoms with Crippen molar-refractivity contribution in [2.45, 2.75) is 32.0 Å². The third-order valence-corrected chi connectivity index (χ3v) is 3.48. The van der Waals surface area contributed by atoms with Crippen molar-refractivity contribution in [3.05, 3.63) is 60.2 Å². The Bertz CT molecular complexity index is 500. The first-order chi connectivity index (χ1) is 9.72. The second-order valence-electron chi connectivity index (χ2n) is 5.01. The summed E-state index contributed by atoms with van der Waals surface area (Å²) in [7, 11) is 2.07. The van der Waals surface area contributed by atoms with Gasteiger partial charge in [0, 0.05) is 25.0 Å². The van der Waals surface area contributed by atoms with Crippen molar-refractivity contribution < 1.29 is 0 Å². The van der Waals surface area contributed by atoms with E-state index in [0.717, 1.165) is 24.4 Å². The molecule has 0 aliphatic heterocycles. The predicted octanol–water partition coefficient (Wildman–Crippen LogP) is 2.39. The fourth-order valence-corrected chi connectivity index (χ4v) is 2.39. The van der Waals surface area contributed by atoms with Crippen molar-refractivity contribution in [1.82, 2.24) is 14.9 Å². The molecule has 2 aromatic heterocycles. The Kier molecular flexibility index (Phi) is 5.21. The third-order valence-electron chi connectivity index (χ3n) is 3.48. The van der Waals surface area contributed by atoms with Crippen LogP contribution in [0.25, 0.3) is 0 Å². The molecule has 2 heterocycles. The molecule has 2 atom stereocenters.